The number of halogens is 1. The van der Waals surface area contributed by atoms with E-state index in [0.717, 1.165) is 6.42 Å². The van der Waals surface area contributed by atoms with Crippen LogP contribution in [0.25, 0.3) is 0 Å². The van der Waals surface area contributed by atoms with Crippen molar-refractivity contribution in [1.29, 1.82) is 0 Å². The van der Waals surface area contributed by atoms with Crippen molar-refractivity contribution in [3.05, 3.63) is 54.0 Å². The van der Waals surface area contributed by atoms with Crippen molar-refractivity contribution in [1.82, 2.24) is 15.2 Å². The molecule has 0 aliphatic carbocycles. The Labute approximate surface area is 145 Å². The van der Waals surface area contributed by atoms with Crippen molar-refractivity contribution >= 4 is 6.03 Å². The Hall–Kier alpha value is -2.83. The molecule has 1 aromatic heterocycles. The minimum Gasteiger partial charge on any atom is -0.497 e. The number of urea groups is 1. The zero-order valence-electron chi connectivity index (χ0n) is 13.9. The number of benzene rings is 1. The lowest BCUT2D eigenvalue weighted by atomic mass is 10.2. The summed E-state index contributed by atoms with van der Waals surface area (Å²) in [6.45, 7) is 1.33. The monoisotopic (exact) mass is 345 g/mol. The van der Waals surface area contributed by atoms with Crippen LogP contribution in [-0.2, 0) is 6.54 Å². The van der Waals surface area contributed by atoms with Crippen molar-refractivity contribution < 1.29 is 18.7 Å². The number of amides is 2. The van der Waals surface area contributed by atoms with Gasteiger partial charge in [0.1, 0.15) is 17.7 Å². The molecule has 3 rings (SSSR count). The fourth-order valence-electron chi connectivity index (χ4n) is 2.73. The van der Waals surface area contributed by atoms with Gasteiger partial charge in [0.2, 0.25) is 5.88 Å². The summed E-state index contributed by atoms with van der Waals surface area (Å²) in [6, 6.07) is 9.64. The molecule has 25 heavy (non-hydrogen) atoms. The SMILES string of the molecule is COc1cc(F)cc(CNC(=O)N2CCC(Oc3ccccn3)C2)c1. The molecule has 1 fully saturated rings. The number of likely N-dealkylation sites (tertiary alicyclic amines) is 1. The molecule has 2 amide bonds. The molecule has 2 heterocycles. The van der Waals surface area contributed by atoms with E-state index in [-0.39, 0.29) is 18.7 Å². The van der Waals surface area contributed by atoms with E-state index < -0.39 is 5.82 Å². The van der Waals surface area contributed by atoms with Gasteiger partial charge in [0.05, 0.1) is 13.7 Å². The molecule has 7 heteroatoms. The minimum absolute atomic E-state index is 0.0742. The summed E-state index contributed by atoms with van der Waals surface area (Å²) in [5.74, 6) is 0.587. The molecule has 0 radical (unpaired) electrons. The summed E-state index contributed by atoms with van der Waals surface area (Å²) in [4.78, 5) is 18.1. The number of carbonyl (C=O) groups is 1. The van der Waals surface area contributed by atoms with E-state index in [4.69, 9.17) is 9.47 Å². The van der Waals surface area contributed by atoms with Crippen LogP contribution in [-0.4, -0.2) is 42.2 Å². The van der Waals surface area contributed by atoms with Gasteiger partial charge in [0.25, 0.3) is 0 Å². The molecule has 0 bridgehead atoms. The van der Waals surface area contributed by atoms with Gasteiger partial charge in [0, 0.05) is 37.8 Å². The first-order valence-electron chi connectivity index (χ1n) is 8.08. The summed E-state index contributed by atoms with van der Waals surface area (Å²) in [5.41, 5.74) is 0.644. The van der Waals surface area contributed by atoms with Gasteiger partial charge in [-0.1, -0.05) is 6.07 Å². The molecule has 1 atom stereocenters. The zero-order chi connectivity index (χ0) is 17.6. The number of nitrogens with one attached hydrogen (secondary N) is 1. The Morgan fingerprint density at radius 2 is 2.28 bits per heavy atom. The third kappa shape index (κ3) is 4.59. The third-order valence-electron chi connectivity index (χ3n) is 3.97. The average Bonchev–Trinajstić information content (AvgIpc) is 3.08. The molecule has 132 valence electrons. The molecule has 0 saturated carbocycles. The number of nitrogens with zero attached hydrogens (tertiary/aromatic N) is 2. The molecule has 6 nitrogen and oxygen atoms in total. The first-order valence-corrected chi connectivity index (χ1v) is 8.08. The van der Waals surface area contributed by atoms with Crippen molar-refractivity contribution in [2.45, 2.75) is 19.1 Å². The van der Waals surface area contributed by atoms with Crippen LogP contribution < -0.4 is 14.8 Å². The van der Waals surface area contributed by atoms with E-state index in [1.807, 2.05) is 12.1 Å². The van der Waals surface area contributed by atoms with Crippen LogP contribution in [0.1, 0.15) is 12.0 Å². The smallest absolute Gasteiger partial charge is 0.317 e. The normalized spacial score (nSPS) is 16.6. The summed E-state index contributed by atoms with van der Waals surface area (Å²) >= 11 is 0. The Bertz CT molecular complexity index is 727. The molecule has 1 N–H and O–H groups in total. The van der Waals surface area contributed by atoms with Crippen LogP contribution in [0.4, 0.5) is 9.18 Å². The van der Waals surface area contributed by atoms with E-state index >= 15 is 0 Å². The third-order valence-corrected chi connectivity index (χ3v) is 3.97. The van der Waals surface area contributed by atoms with Crippen LogP contribution in [0.2, 0.25) is 0 Å². The van der Waals surface area contributed by atoms with Gasteiger partial charge in [-0.15, -0.1) is 0 Å². The molecule has 2 aromatic rings. The van der Waals surface area contributed by atoms with Crippen LogP contribution in [0.3, 0.4) is 0 Å². The zero-order valence-corrected chi connectivity index (χ0v) is 13.9. The lowest BCUT2D eigenvalue weighted by Gasteiger charge is -2.18. The summed E-state index contributed by atoms with van der Waals surface area (Å²) in [7, 11) is 1.48. The number of methoxy groups -OCH3 is 1. The molecule has 1 aliphatic rings. The number of carbonyl (C=O) groups excluding carboxylic acids is 1. The first kappa shape index (κ1) is 17.0. The summed E-state index contributed by atoms with van der Waals surface area (Å²) in [5, 5.41) is 2.80. The first-order chi connectivity index (χ1) is 12.1. The lowest BCUT2D eigenvalue weighted by Crippen LogP contribution is -2.39. The highest BCUT2D eigenvalue weighted by molar-refractivity contribution is 5.74. The van der Waals surface area contributed by atoms with Gasteiger partial charge < -0.3 is 19.7 Å². The van der Waals surface area contributed by atoms with Crippen molar-refractivity contribution in [2.24, 2.45) is 0 Å². The van der Waals surface area contributed by atoms with Gasteiger partial charge >= 0.3 is 6.03 Å². The van der Waals surface area contributed by atoms with Gasteiger partial charge in [-0.05, 0) is 23.8 Å². The molecule has 1 aliphatic heterocycles. The largest absolute Gasteiger partial charge is 0.497 e. The summed E-state index contributed by atoms with van der Waals surface area (Å²) in [6.07, 6.45) is 2.34. The van der Waals surface area contributed by atoms with Crippen LogP contribution in [0.5, 0.6) is 11.6 Å². The predicted molar refractivity (Wildman–Crippen MR) is 90.0 cm³/mol. The number of ether oxygens (including phenoxy) is 2. The fourth-order valence-corrected chi connectivity index (χ4v) is 2.73. The van der Waals surface area contributed by atoms with E-state index in [1.165, 1.54) is 19.2 Å². The molecule has 1 saturated heterocycles. The number of hydrogen-bond acceptors (Lipinski definition) is 4. The maximum Gasteiger partial charge on any atom is 0.317 e. The van der Waals surface area contributed by atoms with E-state index in [2.05, 4.69) is 10.3 Å². The van der Waals surface area contributed by atoms with Gasteiger partial charge in [-0.3, -0.25) is 0 Å². The fraction of sp³-hybridized carbons (Fsp3) is 0.333. The van der Waals surface area contributed by atoms with Crippen molar-refractivity contribution in [3.63, 3.8) is 0 Å². The quantitative estimate of drug-likeness (QED) is 0.905. The Morgan fingerprint density at radius 1 is 1.40 bits per heavy atom. The van der Waals surface area contributed by atoms with Gasteiger partial charge in [-0.2, -0.15) is 0 Å². The number of aromatic nitrogens is 1. The molecular formula is C18H20FN3O3. The molecule has 0 spiro atoms. The lowest BCUT2D eigenvalue weighted by molar-refractivity contribution is 0.183. The van der Waals surface area contributed by atoms with Crippen molar-refractivity contribution in [3.8, 4) is 11.6 Å². The second kappa shape index (κ2) is 7.83. The van der Waals surface area contributed by atoms with Crippen LogP contribution in [0, 0.1) is 5.82 Å². The van der Waals surface area contributed by atoms with Crippen molar-refractivity contribution in [2.75, 3.05) is 20.2 Å². The Kier molecular flexibility index (Phi) is 5.33. The van der Waals surface area contributed by atoms with E-state index in [9.17, 15) is 9.18 Å². The maximum absolute atomic E-state index is 13.5. The van der Waals surface area contributed by atoms with E-state index in [1.54, 1.807) is 23.2 Å². The number of rotatable bonds is 5. The van der Waals surface area contributed by atoms with Gasteiger partial charge in [-0.25, -0.2) is 14.2 Å². The summed E-state index contributed by atoms with van der Waals surface area (Å²) < 4.78 is 24.3. The molecule has 1 aromatic carbocycles. The topological polar surface area (TPSA) is 63.7 Å². The number of hydrogen-bond donors (Lipinski definition) is 1. The highest BCUT2D eigenvalue weighted by Crippen LogP contribution is 2.18. The van der Waals surface area contributed by atoms with Crippen LogP contribution >= 0.6 is 0 Å². The highest BCUT2D eigenvalue weighted by atomic mass is 19.1. The predicted octanol–water partition coefficient (Wildman–Crippen LogP) is 2.59. The Balaban J connectivity index is 1.50. The molecule has 1 unspecified atom stereocenters. The molecular weight excluding hydrogens is 325 g/mol. The number of pyridine rings is 1. The second-order valence-electron chi connectivity index (χ2n) is 5.80. The standard InChI is InChI=1S/C18H20FN3O3/c1-24-16-9-13(8-14(19)10-16)11-21-18(23)22-7-5-15(12-22)25-17-4-2-3-6-20-17/h2-4,6,8-10,15H,5,7,11-12H2,1H3,(H,21,23). The van der Waals surface area contributed by atoms with Crippen LogP contribution in [0.15, 0.2) is 42.6 Å². The average molecular weight is 345 g/mol. The minimum atomic E-state index is -0.395. The van der Waals surface area contributed by atoms with E-state index in [0.29, 0.717) is 30.3 Å². The van der Waals surface area contributed by atoms with Gasteiger partial charge in [0.15, 0.2) is 0 Å². The highest BCUT2D eigenvalue weighted by Gasteiger charge is 2.27. The Morgan fingerprint density at radius 3 is 3.04 bits per heavy atom. The maximum atomic E-state index is 13.5. The second-order valence-corrected chi connectivity index (χ2v) is 5.80.